The van der Waals surface area contributed by atoms with Gasteiger partial charge in [-0.2, -0.15) is 0 Å². The molecule has 0 unspecified atom stereocenters. The van der Waals surface area contributed by atoms with E-state index in [0.29, 0.717) is 0 Å². The molecule has 0 radical (unpaired) electrons. The number of carbonyl (C=O) groups is 2. The monoisotopic (exact) mass is 336 g/mol. The van der Waals surface area contributed by atoms with Gasteiger partial charge in [0, 0.05) is 0 Å². The number of aromatic carboxylic acids is 1. The molecule has 9 heteroatoms. The van der Waals surface area contributed by atoms with E-state index in [2.05, 4.69) is 0 Å². The molecule has 0 aliphatic heterocycles. The number of hydrogen-bond donors (Lipinski definition) is 2. The summed E-state index contributed by atoms with van der Waals surface area (Å²) in [6.07, 6.45) is 0. The van der Waals surface area contributed by atoms with Gasteiger partial charge in [-0.15, -0.1) is 0 Å². The molecule has 21 heavy (non-hydrogen) atoms. The van der Waals surface area contributed by atoms with E-state index in [-0.39, 0.29) is 5.56 Å². The maximum atomic E-state index is 12.1. The Kier molecular flexibility index (Phi) is 4.22. The molecule has 1 aromatic rings. The first-order valence-electron chi connectivity index (χ1n) is 5.76. The van der Waals surface area contributed by atoms with E-state index in [1.165, 1.54) is 0 Å². The third kappa shape index (κ3) is 5.41. The Morgan fingerprint density at radius 3 is 1.90 bits per heavy atom. The van der Waals surface area contributed by atoms with Gasteiger partial charge in [-0.1, -0.05) is 0 Å². The van der Waals surface area contributed by atoms with E-state index in [0.717, 1.165) is 18.2 Å². The summed E-state index contributed by atoms with van der Waals surface area (Å²) >= 11 is 0. The second-order valence-electron chi connectivity index (χ2n) is 6.32. The molecule has 7 nitrogen and oxygen atoms in total. The van der Waals surface area contributed by atoms with Crippen molar-refractivity contribution < 1.29 is 32.2 Å². The van der Waals surface area contributed by atoms with Gasteiger partial charge in [-0.05, 0) is 0 Å². The zero-order chi connectivity index (χ0) is 16.7. The molecule has 0 bridgehead atoms. The number of carboxylic acids is 1. The zero-order valence-electron chi connectivity index (χ0n) is 12.0. The van der Waals surface area contributed by atoms with E-state index < -0.39 is 39.3 Å². The Hall–Kier alpha value is -1.50. The van der Waals surface area contributed by atoms with Crippen LogP contribution < -0.4 is 0 Å². The Morgan fingerprint density at radius 2 is 1.52 bits per heavy atom. The SMILES string of the molecule is CP(C)(C)(C)OC(=O)c1cc(C(=O)O)cc(S(=O)(=O)O)c1. The van der Waals surface area contributed by atoms with E-state index in [4.69, 9.17) is 14.2 Å². The van der Waals surface area contributed by atoms with E-state index >= 15 is 0 Å². The number of benzene rings is 1. The van der Waals surface area contributed by atoms with Crippen molar-refractivity contribution >= 4 is 28.9 Å². The van der Waals surface area contributed by atoms with Crippen LogP contribution in [0.1, 0.15) is 20.7 Å². The van der Waals surface area contributed by atoms with Gasteiger partial charge in [0.1, 0.15) is 0 Å². The summed E-state index contributed by atoms with van der Waals surface area (Å²) in [6, 6.07) is 2.65. The van der Waals surface area contributed by atoms with Gasteiger partial charge in [0.2, 0.25) is 0 Å². The minimum absolute atomic E-state index is 0.246. The van der Waals surface area contributed by atoms with Crippen molar-refractivity contribution in [3.8, 4) is 0 Å². The average molecular weight is 336 g/mol. The fourth-order valence-electron chi connectivity index (χ4n) is 1.37. The van der Waals surface area contributed by atoms with Crippen LogP contribution in [0.3, 0.4) is 0 Å². The normalized spacial score (nSPS) is 14.0. The fraction of sp³-hybridized carbons (Fsp3) is 0.333. The first kappa shape index (κ1) is 17.6. The van der Waals surface area contributed by atoms with Crippen LogP contribution in [0.5, 0.6) is 0 Å². The molecular weight excluding hydrogens is 319 g/mol. The summed E-state index contributed by atoms with van der Waals surface area (Å²) in [7, 11) is -4.63. The molecule has 0 atom stereocenters. The molecule has 0 fully saturated rings. The van der Waals surface area contributed by atoms with Crippen LogP contribution in [0.25, 0.3) is 0 Å². The molecule has 0 heterocycles. The molecule has 0 amide bonds. The number of carboxylic acid groups (broad SMARTS) is 1. The van der Waals surface area contributed by atoms with Crippen molar-refractivity contribution in [2.45, 2.75) is 4.90 Å². The van der Waals surface area contributed by atoms with Crippen molar-refractivity contribution in [1.29, 1.82) is 0 Å². The summed E-state index contributed by atoms with van der Waals surface area (Å²) in [5, 5.41) is 8.94. The van der Waals surface area contributed by atoms with Crippen LogP contribution in [0.4, 0.5) is 0 Å². The van der Waals surface area contributed by atoms with Gasteiger partial charge in [0.05, 0.1) is 0 Å². The van der Waals surface area contributed by atoms with Gasteiger partial charge < -0.3 is 0 Å². The van der Waals surface area contributed by atoms with Crippen LogP contribution in [-0.4, -0.2) is 56.7 Å². The fourth-order valence-corrected chi connectivity index (χ4v) is 2.69. The second-order valence-corrected chi connectivity index (χ2v) is 14.7. The average Bonchev–Trinajstić information content (AvgIpc) is 2.23. The topological polar surface area (TPSA) is 118 Å². The van der Waals surface area contributed by atoms with Gasteiger partial charge in [-0.25, -0.2) is 0 Å². The third-order valence-electron chi connectivity index (χ3n) is 2.14. The molecule has 1 rings (SSSR count). The summed E-state index contributed by atoms with van der Waals surface area (Å²) in [5.41, 5.74) is -0.680. The van der Waals surface area contributed by atoms with Gasteiger partial charge in [0.15, 0.2) is 0 Å². The van der Waals surface area contributed by atoms with Gasteiger partial charge >= 0.3 is 122 Å². The summed E-state index contributed by atoms with van der Waals surface area (Å²) in [6.45, 7) is 4.35. The second kappa shape index (κ2) is 5.05. The Morgan fingerprint density at radius 1 is 1.05 bits per heavy atom. The standard InChI is InChI=1S/C12H17O7PS/c1-20(2,3,4)19-12(15)9-5-8(11(13)14)6-10(7-9)21(16,17)18/h5-7H,1-4H3,(H,13,14)(H,16,17,18). The summed E-state index contributed by atoms with van der Waals surface area (Å²) < 4.78 is 36.7. The molecule has 1 aromatic carbocycles. The summed E-state index contributed by atoms with van der Waals surface area (Å²) in [4.78, 5) is 22.4. The molecule has 0 saturated carbocycles. The first-order chi connectivity index (χ1) is 9.15. The predicted molar refractivity (Wildman–Crippen MR) is 79.2 cm³/mol. The van der Waals surface area contributed by atoms with E-state index in [1.807, 2.05) is 0 Å². The van der Waals surface area contributed by atoms with Crippen LogP contribution in [0.2, 0.25) is 0 Å². The molecule has 2 N–H and O–H groups in total. The molecule has 0 aromatic heterocycles. The molecule has 0 spiro atoms. The molecule has 118 valence electrons. The van der Waals surface area contributed by atoms with Crippen LogP contribution >= 0.6 is 6.83 Å². The van der Waals surface area contributed by atoms with Gasteiger partial charge in [0.25, 0.3) is 0 Å². The predicted octanol–water partition coefficient (Wildman–Crippen LogP) is 1.78. The molecular formula is C12H17O7PS. The van der Waals surface area contributed by atoms with Crippen molar-refractivity contribution in [3.63, 3.8) is 0 Å². The first-order valence-corrected chi connectivity index (χ1v) is 11.1. The Bertz CT molecular complexity index is 704. The number of rotatable bonds is 4. The van der Waals surface area contributed by atoms with Crippen molar-refractivity contribution in [3.05, 3.63) is 29.3 Å². The maximum absolute atomic E-state index is 12.1. The van der Waals surface area contributed by atoms with E-state index in [1.54, 1.807) is 26.7 Å². The van der Waals surface area contributed by atoms with Crippen molar-refractivity contribution in [1.82, 2.24) is 0 Å². The van der Waals surface area contributed by atoms with Crippen LogP contribution in [0.15, 0.2) is 23.1 Å². The molecule has 0 saturated heterocycles. The van der Waals surface area contributed by atoms with Crippen molar-refractivity contribution in [2.24, 2.45) is 0 Å². The summed E-state index contributed by atoms with van der Waals surface area (Å²) in [5.74, 6) is -2.26. The van der Waals surface area contributed by atoms with Crippen molar-refractivity contribution in [2.75, 3.05) is 26.7 Å². The minimum atomic E-state index is -4.63. The quantitative estimate of drug-likeness (QED) is 0.635. The zero-order valence-corrected chi connectivity index (χ0v) is 13.7. The Balaban J connectivity index is 3.40. The third-order valence-corrected chi connectivity index (χ3v) is 3.86. The number of carbonyl (C=O) groups excluding carboxylic acids is 1. The Labute approximate surface area is 122 Å². The van der Waals surface area contributed by atoms with Crippen LogP contribution in [0, 0.1) is 0 Å². The molecule has 0 aliphatic carbocycles. The van der Waals surface area contributed by atoms with Crippen LogP contribution in [-0.2, 0) is 14.6 Å². The molecule has 0 aliphatic rings. The van der Waals surface area contributed by atoms with Gasteiger partial charge in [-0.3, -0.25) is 0 Å². The van der Waals surface area contributed by atoms with E-state index in [9.17, 15) is 18.0 Å². The number of hydrogen-bond acceptors (Lipinski definition) is 5.